The number of rotatable bonds is 1. The molecule has 0 bridgehead atoms. The Hall–Kier alpha value is -1.57. The van der Waals surface area contributed by atoms with Gasteiger partial charge in [0.15, 0.2) is 0 Å². The summed E-state index contributed by atoms with van der Waals surface area (Å²) in [7, 11) is 0. The summed E-state index contributed by atoms with van der Waals surface area (Å²) in [4.78, 5) is 13.1. The van der Waals surface area contributed by atoms with Gasteiger partial charge >= 0.3 is 0 Å². The van der Waals surface area contributed by atoms with Gasteiger partial charge in [0.2, 0.25) is 0 Å². The summed E-state index contributed by atoms with van der Waals surface area (Å²) >= 11 is 0. The highest BCUT2D eigenvalue weighted by atomic mass is 16.5. The Labute approximate surface area is 101 Å². The molecule has 1 aromatic rings. The lowest BCUT2D eigenvalue weighted by Gasteiger charge is -2.32. The summed E-state index contributed by atoms with van der Waals surface area (Å²) in [5, 5.41) is 0. The van der Waals surface area contributed by atoms with Gasteiger partial charge in [-0.25, -0.2) is 4.79 Å². The van der Waals surface area contributed by atoms with Crippen molar-refractivity contribution >= 4 is 11.6 Å². The molecule has 0 aliphatic carbocycles. The van der Waals surface area contributed by atoms with Gasteiger partial charge < -0.3 is 9.64 Å². The Balaban J connectivity index is 1.98. The number of carbonyl (C=O) groups excluding carboxylic acids is 1. The van der Waals surface area contributed by atoms with E-state index >= 15 is 0 Å². The van der Waals surface area contributed by atoms with Crippen LogP contribution in [0.4, 0.5) is 5.69 Å². The monoisotopic (exact) mass is 229 g/mol. The van der Waals surface area contributed by atoms with Gasteiger partial charge in [-0.05, 0) is 30.9 Å². The van der Waals surface area contributed by atoms with E-state index in [1.165, 1.54) is 5.56 Å². The van der Waals surface area contributed by atoms with Crippen LogP contribution in [0.25, 0.3) is 0 Å². The van der Waals surface area contributed by atoms with Crippen LogP contribution >= 0.6 is 0 Å². The lowest BCUT2D eigenvalue weighted by Crippen LogP contribution is -2.37. The summed E-state index contributed by atoms with van der Waals surface area (Å²) in [6.07, 6.45) is 3.96. The molecule has 88 valence electrons. The highest BCUT2D eigenvalue weighted by Crippen LogP contribution is 2.37. The third kappa shape index (κ3) is 1.78. The maximum atomic E-state index is 11.1. The van der Waals surface area contributed by atoms with Crippen molar-refractivity contribution in [3.63, 3.8) is 0 Å². The average Bonchev–Trinajstić information content (AvgIpc) is 2.78. The topological polar surface area (TPSA) is 29.5 Å². The Kier molecular flexibility index (Phi) is 2.71. The molecule has 1 aromatic carbocycles. The fourth-order valence-corrected chi connectivity index (χ4v) is 2.65. The Morgan fingerprint density at radius 2 is 2.18 bits per heavy atom. The molecule has 3 rings (SSSR count). The number of nitrogens with zero attached hydrogens (tertiary/aromatic N) is 1. The quantitative estimate of drug-likeness (QED) is 0.692. The van der Waals surface area contributed by atoms with Crippen molar-refractivity contribution in [1.82, 2.24) is 0 Å². The Morgan fingerprint density at radius 1 is 1.29 bits per heavy atom. The Bertz CT molecular complexity index is 471. The Morgan fingerprint density at radius 3 is 2.94 bits per heavy atom. The highest BCUT2D eigenvalue weighted by Gasteiger charge is 2.32. The molecular formula is C14H15NO2. The van der Waals surface area contributed by atoms with Crippen molar-refractivity contribution in [2.24, 2.45) is 0 Å². The van der Waals surface area contributed by atoms with Gasteiger partial charge in [0.1, 0.15) is 17.9 Å². The summed E-state index contributed by atoms with van der Waals surface area (Å²) in [6.45, 7) is 0.787. The molecule has 1 atom stereocenters. The largest absolute Gasteiger partial charge is 0.358 e. The zero-order chi connectivity index (χ0) is 11.7. The van der Waals surface area contributed by atoms with Gasteiger partial charge in [0.05, 0.1) is 0 Å². The van der Waals surface area contributed by atoms with Crippen molar-refractivity contribution in [3.8, 4) is 0 Å². The van der Waals surface area contributed by atoms with E-state index in [0.717, 1.165) is 31.6 Å². The van der Waals surface area contributed by atoms with E-state index in [4.69, 9.17) is 4.74 Å². The first-order valence-corrected chi connectivity index (χ1v) is 6.13. The van der Waals surface area contributed by atoms with Crippen LogP contribution in [0.1, 0.15) is 24.8 Å². The molecule has 17 heavy (non-hydrogen) atoms. The van der Waals surface area contributed by atoms with E-state index in [1.54, 1.807) is 0 Å². The highest BCUT2D eigenvalue weighted by molar-refractivity contribution is 5.73. The van der Waals surface area contributed by atoms with E-state index in [1.807, 2.05) is 17.0 Å². The van der Waals surface area contributed by atoms with Crippen LogP contribution in [0.5, 0.6) is 0 Å². The fraction of sp³-hybridized carbons (Fsp3) is 0.429. The number of anilines is 1. The predicted molar refractivity (Wildman–Crippen MR) is 65.4 cm³/mol. The van der Waals surface area contributed by atoms with Crippen molar-refractivity contribution < 1.29 is 9.53 Å². The van der Waals surface area contributed by atoms with Crippen LogP contribution in [0.15, 0.2) is 30.0 Å². The summed E-state index contributed by atoms with van der Waals surface area (Å²) in [5.41, 5.74) is 3.01. The summed E-state index contributed by atoms with van der Waals surface area (Å²) in [6, 6.07) is 8.13. The molecule has 2 aliphatic rings. The van der Waals surface area contributed by atoms with E-state index in [2.05, 4.69) is 18.1 Å². The summed E-state index contributed by atoms with van der Waals surface area (Å²) < 4.78 is 5.78. The molecular weight excluding hydrogens is 214 g/mol. The van der Waals surface area contributed by atoms with Gasteiger partial charge in [0.25, 0.3) is 0 Å². The second-order valence-electron chi connectivity index (χ2n) is 4.55. The first kappa shape index (κ1) is 10.6. The first-order chi connectivity index (χ1) is 8.40. The molecule has 1 saturated heterocycles. The van der Waals surface area contributed by atoms with Crippen LogP contribution in [-0.4, -0.2) is 18.8 Å². The number of para-hydroxylation sites is 1. The molecule has 2 aliphatic heterocycles. The normalized spacial score (nSPS) is 23.4. The van der Waals surface area contributed by atoms with Crippen LogP contribution < -0.4 is 4.90 Å². The standard InChI is InChI=1S/C14H15NO2/c16-10-12-9-11-5-1-2-6-13(11)15(12)14-7-3-4-8-17-14/h1-2,5-6,14H,3-4,7-9H2. The van der Waals surface area contributed by atoms with Crippen LogP contribution in [0, 0.1) is 0 Å². The van der Waals surface area contributed by atoms with Gasteiger partial charge in [-0.1, -0.05) is 18.2 Å². The molecule has 1 unspecified atom stereocenters. The number of fused-ring (bicyclic) bond motifs is 1. The second kappa shape index (κ2) is 4.36. The SMILES string of the molecule is O=C=C1Cc2ccccc2N1C1CCCCO1. The molecule has 0 amide bonds. The zero-order valence-electron chi connectivity index (χ0n) is 9.69. The molecule has 3 nitrogen and oxygen atoms in total. The van der Waals surface area contributed by atoms with E-state index < -0.39 is 0 Å². The van der Waals surface area contributed by atoms with Crippen LogP contribution in [0.3, 0.4) is 0 Å². The van der Waals surface area contributed by atoms with Crippen molar-refractivity contribution in [1.29, 1.82) is 0 Å². The molecule has 0 aromatic heterocycles. The van der Waals surface area contributed by atoms with Crippen molar-refractivity contribution in [3.05, 3.63) is 35.5 Å². The molecule has 1 fully saturated rings. The van der Waals surface area contributed by atoms with Gasteiger partial charge in [-0.3, -0.25) is 0 Å². The number of ether oxygens (including phenoxy) is 1. The number of allylic oxidation sites excluding steroid dienone is 1. The lowest BCUT2D eigenvalue weighted by atomic mass is 10.1. The number of hydrogen-bond donors (Lipinski definition) is 0. The first-order valence-electron chi connectivity index (χ1n) is 6.13. The zero-order valence-corrected chi connectivity index (χ0v) is 9.69. The molecule has 0 radical (unpaired) electrons. The maximum Gasteiger partial charge on any atom is 0.146 e. The van der Waals surface area contributed by atoms with Crippen LogP contribution in [0.2, 0.25) is 0 Å². The van der Waals surface area contributed by atoms with Crippen molar-refractivity contribution in [2.45, 2.75) is 31.9 Å². The van der Waals surface area contributed by atoms with Crippen molar-refractivity contribution in [2.75, 3.05) is 11.5 Å². The molecule has 3 heteroatoms. The van der Waals surface area contributed by atoms with Crippen LogP contribution in [-0.2, 0) is 16.0 Å². The summed E-state index contributed by atoms with van der Waals surface area (Å²) in [5.74, 6) is 2.07. The average molecular weight is 229 g/mol. The van der Waals surface area contributed by atoms with E-state index in [0.29, 0.717) is 12.1 Å². The minimum Gasteiger partial charge on any atom is -0.358 e. The maximum absolute atomic E-state index is 11.1. The number of hydrogen-bond acceptors (Lipinski definition) is 3. The van der Waals surface area contributed by atoms with E-state index in [9.17, 15) is 4.79 Å². The second-order valence-corrected chi connectivity index (χ2v) is 4.55. The predicted octanol–water partition coefficient (Wildman–Crippen LogP) is 2.29. The lowest BCUT2D eigenvalue weighted by molar-refractivity contribution is 0.0190. The van der Waals surface area contributed by atoms with Gasteiger partial charge in [-0.2, -0.15) is 0 Å². The molecule has 2 heterocycles. The molecule has 0 spiro atoms. The van der Waals surface area contributed by atoms with E-state index in [-0.39, 0.29) is 6.23 Å². The third-order valence-corrected chi connectivity index (χ3v) is 3.46. The fourth-order valence-electron chi connectivity index (χ4n) is 2.65. The van der Waals surface area contributed by atoms with Gasteiger partial charge in [-0.15, -0.1) is 0 Å². The minimum absolute atomic E-state index is 0.0175. The minimum atomic E-state index is 0.0175. The molecule has 0 saturated carbocycles. The third-order valence-electron chi connectivity index (χ3n) is 3.46. The smallest absolute Gasteiger partial charge is 0.146 e. The number of benzene rings is 1. The molecule has 0 N–H and O–H groups in total. The van der Waals surface area contributed by atoms with Gasteiger partial charge in [0, 0.05) is 18.7 Å².